The highest BCUT2D eigenvalue weighted by Gasteiger charge is 2.17. The van der Waals surface area contributed by atoms with Crippen LogP contribution in [-0.4, -0.2) is 12.4 Å². The highest BCUT2D eigenvalue weighted by atomic mass is 16.5. The smallest absolute Gasteiger partial charge is 0.135 e. The normalized spacial score (nSPS) is 15.0. The predicted molar refractivity (Wildman–Crippen MR) is 98.1 cm³/mol. The molecule has 0 aromatic heterocycles. The summed E-state index contributed by atoms with van der Waals surface area (Å²) in [6.45, 7) is 13.5. The van der Waals surface area contributed by atoms with Crippen LogP contribution >= 0.6 is 0 Å². The lowest BCUT2D eigenvalue weighted by molar-refractivity contribution is -0.123. The van der Waals surface area contributed by atoms with E-state index in [1.165, 1.54) is 11.1 Å². The van der Waals surface area contributed by atoms with Crippen molar-refractivity contribution in [3.63, 3.8) is 0 Å². The summed E-state index contributed by atoms with van der Waals surface area (Å²) in [5.41, 5.74) is 2.38. The molecular weight excluding hydrogens is 284 g/mol. The van der Waals surface area contributed by atoms with E-state index in [0.29, 0.717) is 17.6 Å². The molecule has 0 N–H and O–H groups in total. The summed E-state index contributed by atoms with van der Waals surface area (Å²) in [5.74, 6) is 2.58. The zero-order chi connectivity index (χ0) is 17.4. The summed E-state index contributed by atoms with van der Waals surface area (Å²) < 4.78 is 6.02. The van der Waals surface area contributed by atoms with E-state index in [1.54, 1.807) is 0 Å². The lowest BCUT2D eigenvalue weighted by Gasteiger charge is -2.18. The summed E-state index contributed by atoms with van der Waals surface area (Å²) >= 11 is 0. The van der Waals surface area contributed by atoms with Crippen LogP contribution in [0.1, 0.15) is 64.5 Å². The van der Waals surface area contributed by atoms with Crippen LogP contribution in [0, 0.1) is 31.6 Å². The number of ketones is 1. The molecule has 1 aromatic carbocycles. The first kappa shape index (κ1) is 19.7. The topological polar surface area (TPSA) is 26.3 Å². The third kappa shape index (κ3) is 6.76. The Labute approximate surface area is 142 Å². The zero-order valence-corrected chi connectivity index (χ0v) is 15.8. The standard InChI is InChI=1S/C21H34O2/c1-7-15(2)13-20(22)17(4)12-11-16(3)14-23-21-18(5)9-8-10-19(21)6/h8-10,15-17H,7,11-14H2,1-6H3. The number of carbonyl (C=O) groups excluding carboxylic acids is 1. The molecular formula is C21H34O2. The molecule has 1 aromatic rings. The molecule has 0 bridgehead atoms. The van der Waals surface area contributed by atoms with Crippen molar-refractivity contribution < 1.29 is 9.53 Å². The molecule has 0 amide bonds. The van der Waals surface area contributed by atoms with Gasteiger partial charge < -0.3 is 4.74 Å². The van der Waals surface area contributed by atoms with Crippen molar-refractivity contribution in [2.45, 2.75) is 67.2 Å². The Kier molecular flexibility index (Phi) is 8.36. The molecule has 23 heavy (non-hydrogen) atoms. The van der Waals surface area contributed by atoms with E-state index in [0.717, 1.165) is 38.0 Å². The van der Waals surface area contributed by atoms with Gasteiger partial charge in [0, 0.05) is 12.3 Å². The van der Waals surface area contributed by atoms with Gasteiger partial charge in [-0.3, -0.25) is 4.79 Å². The maximum absolute atomic E-state index is 12.2. The first-order valence-corrected chi connectivity index (χ1v) is 9.06. The molecule has 3 atom stereocenters. The summed E-state index contributed by atoms with van der Waals surface area (Å²) in [6.07, 6.45) is 3.81. The number of rotatable bonds is 10. The van der Waals surface area contributed by atoms with Crippen LogP contribution in [0.25, 0.3) is 0 Å². The van der Waals surface area contributed by atoms with E-state index in [-0.39, 0.29) is 5.92 Å². The van der Waals surface area contributed by atoms with Gasteiger partial charge in [0.1, 0.15) is 11.5 Å². The molecule has 3 unspecified atom stereocenters. The maximum Gasteiger partial charge on any atom is 0.135 e. The zero-order valence-electron chi connectivity index (χ0n) is 15.8. The van der Waals surface area contributed by atoms with E-state index in [4.69, 9.17) is 4.74 Å². The molecule has 0 aliphatic heterocycles. The van der Waals surface area contributed by atoms with Crippen LogP contribution in [0.4, 0.5) is 0 Å². The van der Waals surface area contributed by atoms with Crippen LogP contribution < -0.4 is 4.74 Å². The van der Waals surface area contributed by atoms with Crippen molar-refractivity contribution in [2.75, 3.05) is 6.61 Å². The van der Waals surface area contributed by atoms with Crippen molar-refractivity contribution in [3.05, 3.63) is 29.3 Å². The quantitative estimate of drug-likeness (QED) is 0.550. The molecule has 0 spiro atoms. The molecule has 0 radical (unpaired) electrons. The van der Waals surface area contributed by atoms with Crippen molar-refractivity contribution in [1.82, 2.24) is 0 Å². The van der Waals surface area contributed by atoms with Crippen molar-refractivity contribution in [1.29, 1.82) is 0 Å². The SMILES string of the molecule is CCC(C)CC(=O)C(C)CCC(C)COc1c(C)cccc1C. The highest BCUT2D eigenvalue weighted by molar-refractivity contribution is 5.80. The molecule has 0 fully saturated rings. The number of carbonyl (C=O) groups is 1. The summed E-state index contributed by atoms with van der Waals surface area (Å²) in [6, 6.07) is 6.23. The van der Waals surface area contributed by atoms with Gasteiger partial charge in [-0.25, -0.2) is 0 Å². The van der Waals surface area contributed by atoms with Crippen LogP contribution in [0.3, 0.4) is 0 Å². The predicted octanol–water partition coefficient (Wildman–Crippen LogP) is 5.74. The average Bonchev–Trinajstić information content (AvgIpc) is 2.51. The lowest BCUT2D eigenvalue weighted by Crippen LogP contribution is -2.17. The van der Waals surface area contributed by atoms with Crippen LogP contribution in [0.2, 0.25) is 0 Å². The van der Waals surface area contributed by atoms with Crippen molar-refractivity contribution in [2.24, 2.45) is 17.8 Å². The van der Waals surface area contributed by atoms with Gasteiger partial charge in [-0.1, -0.05) is 52.3 Å². The van der Waals surface area contributed by atoms with E-state index >= 15 is 0 Å². The number of Topliss-reactive ketones (excluding diaryl/α,β-unsaturated/α-hetero) is 1. The highest BCUT2D eigenvalue weighted by Crippen LogP contribution is 2.24. The number of ether oxygens (including phenoxy) is 1. The van der Waals surface area contributed by atoms with Gasteiger partial charge in [0.25, 0.3) is 0 Å². The number of hydrogen-bond donors (Lipinski definition) is 0. The molecule has 130 valence electrons. The van der Waals surface area contributed by atoms with Crippen molar-refractivity contribution in [3.8, 4) is 5.75 Å². The molecule has 0 aliphatic rings. The van der Waals surface area contributed by atoms with E-state index < -0.39 is 0 Å². The summed E-state index contributed by atoms with van der Waals surface area (Å²) in [5, 5.41) is 0. The first-order chi connectivity index (χ1) is 10.8. The van der Waals surface area contributed by atoms with Gasteiger partial charge in [-0.15, -0.1) is 0 Å². The third-order valence-corrected chi connectivity index (χ3v) is 4.81. The number of para-hydroxylation sites is 1. The molecule has 2 nitrogen and oxygen atoms in total. The second-order valence-corrected chi connectivity index (χ2v) is 7.30. The first-order valence-electron chi connectivity index (χ1n) is 9.06. The van der Waals surface area contributed by atoms with Gasteiger partial charge in [-0.2, -0.15) is 0 Å². The second kappa shape index (κ2) is 9.75. The second-order valence-electron chi connectivity index (χ2n) is 7.30. The molecule has 0 saturated carbocycles. The lowest BCUT2D eigenvalue weighted by atomic mass is 9.90. The number of benzene rings is 1. The van der Waals surface area contributed by atoms with E-state index in [9.17, 15) is 4.79 Å². The molecule has 0 aliphatic carbocycles. The minimum Gasteiger partial charge on any atom is -0.493 e. The Bertz CT molecular complexity index is 472. The fraction of sp³-hybridized carbons (Fsp3) is 0.667. The average molecular weight is 319 g/mol. The van der Waals surface area contributed by atoms with Crippen molar-refractivity contribution >= 4 is 5.78 Å². The van der Waals surface area contributed by atoms with E-state index in [2.05, 4.69) is 59.7 Å². The van der Waals surface area contributed by atoms with Gasteiger partial charge >= 0.3 is 0 Å². The molecule has 0 heterocycles. The van der Waals surface area contributed by atoms with Crippen LogP contribution in [0.5, 0.6) is 5.75 Å². The fourth-order valence-electron chi connectivity index (χ4n) is 2.72. The summed E-state index contributed by atoms with van der Waals surface area (Å²) in [4.78, 5) is 12.2. The minimum atomic E-state index is 0.173. The molecule has 0 saturated heterocycles. The van der Waals surface area contributed by atoms with Crippen LogP contribution in [0.15, 0.2) is 18.2 Å². The van der Waals surface area contributed by atoms with Crippen LogP contribution in [-0.2, 0) is 4.79 Å². The van der Waals surface area contributed by atoms with Gasteiger partial charge in [0.2, 0.25) is 0 Å². The Morgan fingerprint density at radius 2 is 1.65 bits per heavy atom. The molecule has 1 rings (SSSR count). The van der Waals surface area contributed by atoms with E-state index in [1.807, 2.05) is 0 Å². The Morgan fingerprint density at radius 1 is 1.04 bits per heavy atom. The largest absolute Gasteiger partial charge is 0.493 e. The minimum absolute atomic E-state index is 0.173. The van der Waals surface area contributed by atoms with Gasteiger partial charge in [-0.05, 0) is 49.7 Å². The third-order valence-electron chi connectivity index (χ3n) is 4.81. The maximum atomic E-state index is 12.2. The molecule has 2 heteroatoms. The van der Waals surface area contributed by atoms with Gasteiger partial charge in [0.05, 0.1) is 6.61 Å². The monoisotopic (exact) mass is 318 g/mol. The summed E-state index contributed by atoms with van der Waals surface area (Å²) in [7, 11) is 0. The number of aryl methyl sites for hydroxylation is 2. The van der Waals surface area contributed by atoms with Gasteiger partial charge in [0.15, 0.2) is 0 Å². The number of hydrogen-bond acceptors (Lipinski definition) is 2. The Balaban J connectivity index is 2.37. The Hall–Kier alpha value is -1.31. The Morgan fingerprint density at radius 3 is 2.22 bits per heavy atom. The fourth-order valence-corrected chi connectivity index (χ4v) is 2.72.